The van der Waals surface area contributed by atoms with Crippen LogP contribution in [-0.2, 0) is 4.79 Å². The van der Waals surface area contributed by atoms with Gasteiger partial charge < -0.3 is 10.2 Å². The molecule has 6 heteroatoms. The first-order valence-corrected chi connectivity index (χ1v) is 9.01. The minimum atomic E-state index is -0.528. The van der Waals surface area contributed by atoms with E-state index >= 15 is 0 Å². The maximum atomic E-state index is 13.3. The van der Waals surface area contributed by atoms with Gasteiger partial charge in [-0.05, 0) is 58.0 Å². The van der Waals surface area contributed by atoms with E-state index in [-0.39, 0.29) is 5.91 Å². The Labute approximate surface area is 155 Å². The van der Waals surface area contributed by atoms with Crippen LogP contribution in [-0.4, -0.2) is 53.5 Å². The predicted octanol–water partition coefficient (Wildman–Crippen LogP) is 2.63. The molecule has 1 aromatic carbocycles. The van der Waals surface area contributed by atoms with Gasteiger partial charge in [0.15, 0.2) is 0 Å². The van der Waals surface area contributed by atoms with Crippen LogP contribution in [0.3, 0.4) is 0 Å². The van der Waals surface area contributed by atoms with Crippen molar-refractivity contribution in [3.05, 3.63) is 47.8 Å². The largest absolute Gasteiger partial charge is 0.341 e. The van der Waals surface area contributed by atoms with Crippen LogP contribution >= 0.6 is 0 Å². The molecule has 3 rings (SSSR count). The van der Waals surface area contributed by atoms with Crippen LogP contribution in [0.1, 0.15) is 24.0 Å². The first-order valence-electron chi connectivity index (χ1n) is 9.01. The number of carbonyl (C=O) groups excluding carboxylic acids is 1. The lowest BCUT2D eigenvalue weighted by Crippen LogP contribution is -2.59. The van der Waals surface area contributed by atoms with Gasteiger partial charge in [-0.2, -0.15) is 0 Å². The van der Waals surface area contributed by atoms with Crippen molar-refractivity contribution in [3.63, 3.8) is 0 Å². The molecule has 0 unspecified atom stereocenters. The number of likely N-dealkylation sites (N-methyl/N-ethyl adjacent to an activating group) is 1. The normalized spacial score (nSPS) is 16.6. The van der Waals surface area contributed by atoms with E-state index in [4.69, 9.17) is 0 Å². The zero-order chi connectivity index (χ0) is 18.7. The van der Waals surface area contributed by atoms with E-state index < -0.39 is 5.54 Å². The summed E-state index contributed by atoms with van der Waals surface area (Å²) in [6, 6.07) is 7.89. The van der Waals surface area contributed by atoms with Gasteiger partial charge in [-0.25, -0.2) is 9.97 Å². The first-order chi connectivity index (χ1) is 12.4. The highest BCUT2D eigenvalue weighted by Gasteiger charge is 2.44. The van der Waals surface area contributed by atoms with Crippen LogP contribution < -0.4 is 10.2 Å². The van der Waals surface area contributed by atoms with E-state index in [1.165, 1.54) is 0 Å². The summed E-state index contributed by atoms with van der Waals surface area (Å²) in [6.45, 7) is 5.56. The van der Waals surface area contributed by atoms with E-state index in [2.05, 4.69) is 25.1 Å². The average Bonchev–Trinajstić information content (AvgIpc) is 2.65. The summed E-state index contributed by atoms with van der Waals surface area (Å²) in [6.07, 6.45) is 4.97. The van der Waals surface area contributed by atoms with Crippen molar-refractivity contribution in [2.45, 2.75) is 32.2 Å². The number of nitrogens with zero attached hydrogens (tertiary/aromatic N) is 4. The standard InChI is InChI=1S/C20H27N5O/c1-15-7-5-8-16(2)17(15)23-18(26)20(24(3)4)9-13-25(14-10-20)19-21-11-6-12-22-19/h5-8,11-12H,9-10,13-14H2,1-4H3,(H,23,26). The molecule has 6 nitrogen and oxygen atoms in total. The third-order valence-electron chi connectivity index (χ3n) is 5.42. The number of para-hydroxylation sites is 1. The highest BCUT2D eigenvalue weighted by atomic mass is 16.2. The van der Waals surface area contributed by atoms with Crippen molar-refractivity contribution in [1.29, 1.82) is 0 Å². The Bertz CT molecular complexity index is 747. The fourth-order valence-electron chi connectivity index (χ4n) is 3.65. The molecule has 1 amide bonds. The Kier molecular flexibility index (Phi) is 5.23. The molecule has 0 saturated carbocycles. The third kappa shape index (κ3) is 3.42. The maximum absolute atomic E-state index is 13.3. The molecule has 138 valence electrons. The summed E-state index contributed by atoms with van der Waals surface area (Å²) in [5.74, 6) is 0.795. The van der Waals surface area contributed by atoms with Gasteiger partial charge in [0.1, 0.15) is 5.54 Å². The fraction of sp³-hybridized carbons (Fsp3) is 0.450. The summed E-state index contributed by atoms with van der Waals surface area (Å²) >= 11 is 0. The van der Waals surface area contributed by atoms with Crippen LogP contribution in [0.4, 0.5) is 11.6 Å². The minimum Gasteiger partial charge on any atom is -0.341 e. The molecule has 1 aliphatic heterocycles. The lowest BCUT2D eigenvalue weighted by molar-refractivity contribution is -0.128. The number of hydrogen-bond donors (Lipinski definition) is 1. The van der Waals surface area contributed by atoms with Crippen LogP contribution in [0.5, 0.6) is 0 Å². The van der Waals surface area contributed by atoms with Gasteiger partial charge in [-0.3, -0.25) is 9.69 Å². The molecule has 2 aromatic rings. The first kappa shape index (κ1) is 18.3. The van der Waals surface area contributed by atoms with Gasteiger partial charge in [0, 0.05) is 31.2 Å². The second kappa shape index (κ2) is 7.41. The number of piperidine rings is 1. The lowest BCUT2D eigenvalue weighted by Gasteiger charge is -2.44. The average molecular weight is 353 g/mol. The highest BCUT2D eigenvalue weighted by Crippen LogP contribution is 2.31. The van der Waals surface area contributed by atoms with Crippen molar-refractivity contribution < 1.29 is 4.79 Å². The Hall–Kier alpha value is -2.47. The molecular weight excluding hydrogens is 326 g/mol. The van der Waals surface area contributed by atoms with Crippen LogP contribution in [0.25, 0.3) is 0 Å². The molecule has 1 N–H and O–H groups in total. The molecule has 2 heterocycles. The summed E-state index contributed by atoms with van der Waals surface area (Å²) in [5, 5.41) is 3.19. The van der Waals surface area contributed by atoms with Crippen molar-refractivity contribution in [2.24, 2.45) is 0 Å². The zero-order valence-electron chi connectivity index (χ0n) is 16.0. The second-order valence-electron chi connectivity index (χ2n) is 7.18. The van der Waals surface area contributed by atoms with Crippen LogP contribution in [0, 0.1) is 13.8 Å². The Morgan fingerprint density at radius 3 is 2.19 bits per heavy atom. The third-order valence-corrected chi connectivity index (χ3v) is 5.42. The van der Waals surface area contributed by atoms with Crippen molar-refractivity contribution in [3.8, 4) is 0 Å². The molecule has 26 heavy (non-hydrogen) atoms. The number of aromatic nitrogens is 2. The number of nitrogens with one attached hydrogen (secondary N) is 1. The molecule has 0 radical (unpaired) electrons. The number of amides is 1. The molecule has 1 aliphatic rings. The molecule has 1 aromatic heterocycles. The Morgan fingerprint density at radius 2 is 1.65 bits per heavy atom. The number of aryl methyl sites for hydroxylation is 2. The summed E-state index contributed by atoms with van der Waals surface area (Å²) in [5.41, 5.74) is 2.57. The SMILES string of the molecule is Cc1cccc(C)c1NC(=O)C1(N(C)C)CCN(c2ncccn2)CC1. The van der Waals surface area contributed by atoms with Gasteiger partial charge in [-0.15, -0.1) is 0 Å². The monoisotopic (exact) mass is 353 g/mol. The number of rotatable bonds is 4. The Balaban J connectivity index is 1.78. The molecule has 1 fully saturated rings. The van der Waals surface area contributed by atoms with Crippen molar-refractivity contribution in [1.82, 2.24) is 14.9 Å². The van der Waals surface area contributed by atoms with Crippen molar-refractivity contribution in [2.75, 3.05) is 37.4 Å². The van der Waals surface area contributed by atoms with E-state index in [1.54, 1.807) is 12.4 Å². The van der Waals surface area contributed by atoms with Gasteiger partial charge in [-0.1, -0.05) is 18.2 Å². The number of hydrogen-bond acceptors (Lipinski definition) is 5. The quantitative estimate of drug-likeness (QED) is 0.916. The summed E-state index contributed by atoms with van der Waals surface area (Å²) < 4.78 is 0. The zero-order valence-corrected chi connectivity index (χ0v) is 16.0. The molecule has 0 bridgehead atoms. The predicted molar refractivity (Wildman–Crippen MR) is 104 cm³/mol. The van der Waals surface area contributed by atoms with E-state index in [0.717, 1.165) is 48.7 Å². The van der Waals surface area contributed by atoms with Gasteiger partial charge >= 0.3 is 0 Å². The van der Waals surface area contributed by atoms with Crippen LogP contribution in [0.2, 0.25) is 0 Å². The molecule has 0 spiro atoms. The second-order valence-corrected chi connectivity index (χ2v) is 7.18. The number of carbonyl (C=O) groups is 1. The molecule has 1 saturated heterocycles. The molecular formula is C20H27N5O. The molecule has 0 atom stereocenters. The highest BCUT2D eigenvalue weighted by molar-refractivity contribution is 5.99. The molecule has 0 aliphatic carbocycles. The fourth-order valence-corrected chi connectivity index (χ4v) is 3.65. The van der Waals surface area contributed by atoms with Gasteiger partial charge in [0.25, 0.3) is 0 Å². The summed E-state index contributed by atoms with van der Waals surface area (Å²) in [7, 11) is 3.97. The Morgan fingerprint density at radius 1 is 1.08 bits per heavy atom. The van der Waals surface area contributed by atoms with Crippen LogP contribution in [0.15, 0.2) is 36.7 Å². The summed E-state index contributed by atoms with van der Waals surface area (Å²) in [4.78, 5) is 26.1. The minimum absolute atomic E-state index is 0.0635. The lowest BCUT2D eigenvalue weighted by atomic mass is 9.85. The van der Waals surface area contributed by atoms with Crippen molar-refractivity contribution >= 4 is 17.5 Å². The van der Waals surface area contributed by atoms with E-state index in [0.29, 0.717) is 0 Å². The van der Waals surface area contributed by atoms with Gasteiger partial charge in [0.2, 0.25) is 11.9 Å². The van der Waals surface area contributed by atoms with Gasteiger partial charge in [0.05, 0.1) is 0 Å². The smallest absolute Gasteiger partial charge is 0.245 e. The van der Waals surface area contributed by atoms with E-state index in [1.807, 2.05) is 52.2 Å². The maximum Gasteiger partial charge on any atom is 0.245 e. The topological polar surface area (TPSA) is 61.4 Å². The number of benzene rings is 1. The number of anilines is 2. The van der Waals surface area contributed by atoms with E-state index in [9.17, 15) is 4.79 Å².